The van der Waals surface area contributed by atoms with Crippen molar-refractivity contribution in [2.45, 2.75) is 70.6 Å². The molecule has 0 aromatic carbocycles. The molecule has 0 aromatic heterocycles. The molecule has 7 atom stereocenters. The summed E-state index contributed by atoms with van der Waals surface area (Å²) >= 11 is 0. The number of hydrogen-bond acceptors (Lipinski definition) is 5. The highest BCUT2D eigenvalue weighted by Crippen LogP contribution is 2.71. The summed E-state index contributed by atoms with van der Waals surface area (Å²) in [6.45, 7) is 8.42. The minimum atomic E-state index is -0.443. The Morgan fingerprint density at radius 2 is 2.09 bits per heavy atom. The second kappa shape index (κ2) is 4.13. The van der Waals surface area contributed by atoms with Gasteiger partial charge in [-0.3, -0.25) is 4.79 Å². The topological polar surface area (TPSA) is 68.3 Å². The summed E-state index contributed by atoms with van der Waals surface area (Å²) in [5.74, 6) is -0.277. The summed E-state index contributed by atoms with van der Waals surface area (Å²) in [7, 11) is 0. The van der Waals surface area contributed by atoms with Crippen LogP contribution in [0.3, 0.4) is 0 Å². The SMILES string of the molecule is CC(=O)O[C@@H]1C[C@]2(C)[C@@]3(C)CC(O)C(C)=C[C@H]3O[C@H]1[C@@]21CO1. The molecule has 5 nitrogen and oxygen atoms in total. The zero-order valence-corrected chi connectivity index (χ0v) is 13.6. The normalized spacial score (nSPS) is 55.6. The number of aliphatic hydroxyl groups excluding tert-OH is 1. The second-order valence-electron chi connectivity index (χ2n) is 7.89. The van der Waals surface area contributed by atoms with Gasteiger partial charge >= 0.3 is 5.97 Å². The summed E-state index contributed by atoms with van der Waals surface area (Å²) in [6, 6.07) is 0. The van der Waals surface area contributed by atoms with E-state index in [0.29, 0.717) is 13.0 Å². The van der Waals surface area contributed by atoms with Gasteiger partial charge < -0.3 is 19.3 Å². The molecule has 22 heavy (non-hydrogen) atoms. The van der Waals surface area contributed by atoms with Crippen LogP contribution in [0.15, 0.2) is 11.6 Å². The molecule has 1 spiro atoms. The third kappa shape index (κ3) is 1.52. The molecule has 1 N–H and O–H groups in total. The van der Waals surface area contributed by atoms with Gasteiger partial charge in [0.2, 0.25) is 0 Å². The minimum Gasteiger partial charge on any atom is -0.460 e. The Morgan fingerprint density at radius 3 is 2.68 bits per heavy atom. The molecule has 3 fully saturated rings. The summed E-state index contributed by atoms with van der Waals surface area (Å²) in [6.07, 6.45) is 2.44. The fourth-order valence-corrected chi connectivity index (χ4v) is 5.19. The van der Waals surface area contributed by atoms with Crippen molar-refractivity contribution in [1.82, 2.24) is 0 Å². The van der Waals surface area contributed by atoms with Crippen molar-refractivity contribution in [1.29, 1.82) is 0 Å². The van der Waals surface area contributed by atoms with Crippen LogP contribution >= 0.6 is 0 Å². The standard InChI is InChI=1S/C17H24O5/c1-9-5-13-15(3,6-11(9)19)16(4)7-12(21-10(2)18)14(22-13)17(16)8-20-17/h5,11-14,19H,6-8H2,1-4H3/t11?,12-,13-,14-,15+,16-,17+/m1/s1. The molecule has 5 heteroatoms. The molecule has 1 saturated carbocycles. The van der Waals surface area contributed by atoms with E-state index in [1.807, 2.05) is 13.0 Å². The summed E-state index contributed by atoms with van der Waals surface area (Å²) < 4.78 is 17.8. The van der Waals surface area contributed by atoms with E-state index in [1.54, 1.807) is 0 Å². The Kier molecular flexibility index (Phi) is 2.76. The van der Waals surface area contributed by atoms with Crippen LogP contribution in [0.1, 0.15) is 40.5 Å². The third-order valence-electron chi connectivity index (χ3n) is 6.85. The van der Waals surface area contributed by atoms with Gasteiger partial charge in [-0.1, -0.05) is 19.9 Å². The van der Waals surface area contributed by atoms with Crippen molar-refractivity contribution in [2.75, 3.05) is 6.61 Å². The maximum absolute atomic E-state index is 11.5. The molecular weight excluding hydrogens is 284 g/mol. The van der Waals surface area contributed by atoms with Gasteiger partial charge in [0.25, 0.3) is 0 Å². The lowest BCUT2D eigenvalue weighted by molar-refractivity contribution is -0.207. The number of hydrogen-bond donors (Lipinski definition) is 1. The van der Waals surface area contributed by atoms with Gasteiger partial charge in [0.05, 0.1) is 18.8 Å². The zero-order chi connectivity index (χ0) is 15.9. The number of esters is 1. The van der Waals surface area contributed by atoms with Crippen molar-refractivity contribution in [2.24, 2.45) is 10.8 Å². The van der Waals surface area contributed by atoms with E-state index in [9.17, 15) is 9.90 Å². The molecule has 2 bridgehead atoms. The molecule has 1 unspecified atom stereocenters. The van der Waals surface area contributed by atoms with Crippen molar-refractivity contribution in [3.8, 4) is 0 Å². The predicted molar refractivity (Wildman–Crippen MR) is 78.1 cm³/mol. The molecule has 0 radical (unpaired) electrons. The molecule has 2 heterocycles. The number of carbonyl (C=O) groups excluding carboxylic acids is 1. The highest BCUT2D eigenvalue weighted by atomic mass is 16.7. The number of rotatable bonds is 1. The number of aliphatic hydroxyl groups is 1. The molecule has 2 saturated heterocycles. The Hall–Kier alpha value is -0.910. The highest BCUT2D eigenvalue weighted by molar-refractivity contribution is 5.66. The number of ether oxygens (including phenoxy) is 3. The Morgan fingerprint density at radius 1 is 1.41 bits per heavy atom. The lowest BCUT2D eigenvalue weighted by Crippen LogP contribution is -2.62. The van der Waals surface area contributed by atoms with E-state index >= 15 is 0 Å². The minimum absolute atomic E-state index is 0.0683. The van der Waals surface area contributed by atoms with Crippen LogP contribution in [-0.4, -0.2) is 47.7 Å². The van der Waals surface area contributed by atoms with Gasteiger partial charge in [-0.2, -0.15) is 0 Å². The van der Waals surface area contributed by atoms with Gasteiger partial charge in [-0.15, -0.1) is 0 Å². The first kappa shape index (κ1) is 14.7. The number of epoxide rings is 1. The highest BCUT2D eigenvalue weighted by Gasteiger charge is 2.80. The Balaban J connectivity index is 1.78. The van der Waals surface area contributed by atoms with Crippen LogP contribution in [0.25, 0.3) is 0 Å². The molecule has 4 aliphatic rings. The summed E-state index contributed by atoms with van der Waals surface area (Å²) in [5, 5.41) is 10.4. The van der Waals surface area contributed by atoms with E-state index < -0.39 is 6.10 Å². The van der Waals surface area contributed by atoms with Crippen LogP contribution < -0.4 is 0 Å². The van der Waals surface area contributed by atoms with Gasteiger partial charge in [-0.25, -0.2) is 0 Å². The van der Waals surface area contributed by atoms with Crippen molar-refractivity contribution in [3.63, 3.8) is 0 Å². The van der Waals surface area contributed by atoms with Crippen LogP contribution in [0.2, 0.25) is 0 Å². The van der Waals surface area contributed by atoms with Crippen LogP contribution in [-0.2, 0) is 19.0 Å². The average molecular weight is 308 g/mol. The first-order valence-corrected chi connectivity index (χ1v) is 8.06. The van der Waals surface area contributed by atoms with Crippen LogP contribution in [0.5, 0.6) is 0 Å². The molecule has 2 aliphatic heterocycles. The van der Waals surface area contributed by atoms with Crippen molar-refractivity contribution < 1.29 is 24.1 Å². The summed E-state index contributed by atoms with van der Waals surface area (Å²) in [5.41, 5.74) is 0.193. The largest absolute Gasteiger partial charge is 0.460 e. The quantitative estimate of drug-likeness (QED) is 0.452. The maximum atomic E-state index is 11.5. The van der Waals surface area contributed by atoms with Crippen LogP contribution in [0.4, 0.5) is 0 Å². The lowest BCUT2D eigenvalue weighted by Gasteiger charge is -2.57. The van der Waals surface area contributed by atoms with Gasteiger partial charge in [-0.05, 0) is 25.3 Å². The average Bonchev–Trinajstić information content (AvgIpc) is 3.16. The molecule has 122 valence electrons. The zero-order valence-electron chi connectivity index (χ0n) is 13.6. The molecule has 0 aromatic rings. The second-order valence-corrected chi connectivity index (χ2v) is 7.89. The monoisotopic (exact) mass is 308 g/mol. The van der Waals surface area contributed by atoms with Crippen molar-refractivity contribution >= 4 is 5.97 Å². The van der Waals surface area contributed by atoms with Crippen molar-refractivity contribution in [3.05, 3.63) is 11.6 Å². The van der Waals surface area contributed by atoms with E-state index in [1.165, 1.54) is 6.92 Å². The fourth-order valence-electron chi connectivity index (χ4n) is 5.19. The van der Waals surface area contributed by atoms with E-state index in [2.05, 4.69) is 13.8 Å². The van der Waals surface area contributed by atoms with E-state index in [-0.39, 0.29) is 40.7 Å². The Bertz CT molecular complexity index is 565. The third-order valence-corrected chi connectivity index (χ3v) is 6.85. The molecule has 4 rings (SSSR count). The fraction of sp³-hybridized carbons (Fsp3) is 0.824. The van der Waals surface area contributed by atoms with Gasteiger partial charge in [0.15, 0.2) is 0 Å². The Labute approximate surface area is 130 Å². The number of fused-ring (bicyclic) bond motifs is 2. The maximum Gasteiger partial charge on any atom is 0.302 e. The first-order chi connectivity index (χ1) is 10.2. The van der Waals surface area contributed by atoms with E-state index in [0.717, 1.165) is 12.0 Å². The number of carbonyl (C=O) groups is 1. The smallest absolute Gasteiger partial charge is 0.302 e. The molecular formula is C17H24O5. The van der Waals surface area contributed by atoms with E-state index in [4.69, 9.17) is 14.2 Å². The van der Waals surface area contributed by atoms with Gasteiger partial charge in [0.1, 0.15) is 17.8 Å². The predicted octanol–water partition coefficient (Wildman–Crippen LogP) is 1.58. The molecule has 2 aliphatic carbocycles. The molecule has 0 amide bonds. The summed E-state index contributed by atoms with van der Waals surface area (Å²) in [4.78, 5) is 11.5. The van der Waals surface area contributed by atoms with Crippen LogP contribution in [0, 0.1) is 10.8 Å². The first-order valence-electron chi connectivity index (χ1n) is 8.06. The lowest BCUT2D eigenvalue weighted by atomic mass is 9.52. The van der Waals surface area contributed by atoms with Gasteiger partial charge in [0, 0.05) is 17.8 Å².